The summed E-state index contributed by atoms with van der Waals surface area (Å²) in [5.74, 6) is 0.690. The molecular formula is C19H20N2O4. The number of methoxy groups -OCH3 is 1. The van der Waals surface area contributed by atoms with Gasteiger partial charge in [0.2, 0.25) is 5.91 Å². The third-order valence-corrected chi connectivity index (χ3v) is 3.75. The lowest BCUT2D eigenvalue weighted by Crippen LogP contribution is -2.24. The van der Waals surface area contributed by atoms with Crippen LogP contribution in [0.1, 0.15) is 11.3 Å². The van der Waals surface area contributed by atoms with Gasteiger partial charge in [0.25, 0.3) is 0 Å². The number of hydrogen-bond donors (Lipinski definition) is 1. The second-order valence-corrected chi connectivity index (χ2v) is 5.56. The van der Waals surface area contributed by atoms with Gasteiger partial charge in [-0.3, -0.25) is 4.79 Å². The van der Waals surface area contributed by atoms with E-state index in [4.69, 9.17) is 14.0 Å². The van der Waals surface area contributed by atoms with E-state index in [1.165, 1.54) is 0 Å². The van der Waals surface area contributed by atoms with Crippen LogP contribution in [0.15, 0.2) is 53.1 Å². The van der Waals surface area contributed by atoms with Crippen molar-refractivity contribution in [3.8, 4) is 5.75 Å². The molecule has 0 aliphatic rings. The maximum Gasteiger partial charge on any atom is 0.224 e. The van der Waals surface area contributed by atoms with Gasteiger partial charge < -0.3 is 19.3 Å². The third-order valence-electron chi connectivity index (χ3n) is 3.75. The molecule has 0 aliphatic heterocycles. The topological polar surface area (TPSA) is 73.6 Å². The summed E-state index contributed by atoms with van der Waals surface area (Å²) in [5, 5.41) is 7.79. The van der Waals surface area contributed by atoms with E-state index in [1.807, 2.05) is 48.5 Å². The fraction of sp³-hybridized carbons (Fsp3) is 0.263. The number of amides is 1. The van der Waals surface area contributed by atoms with Crippen LogP contribution in [0.25, 0.3) is 11.0 Å². The highest BCUT2D eigenvalue weighted by Gasteiger charge is 2.09. The Morgan fingerprint density at radius 1 is 1.12 bits per heavy atom. The number of nitrogens with one attached hydrogen (secondary N) is 1. The molecule has 1 N–H and O–H groups in total. The number of hydrogen-bond acceptors (Lipinski definition) is 5. The summed E-state index contributed by atoms with van der Waals surface area (Å²) in [6.45, 7) is 1.39. The lowest BCUT2D eigenvalue weighted by molar-refractivity contribution is -0.120. The van der Waals surface area contributed by atoms with Crippen LogP contribution >= 0.6 is 0 Å². The molecule has 6 nitrogen and oxygen atoms in total. The molecule has 1 amide bonds. The molecule has 130 valence electrons. The molecular weight excluding hydrogens is 320 g/mol. The van der Waals surface area contributed by atoms with E-state index in [-0.39, 0.29) is 5.91 Å². The smallest absolute Gasteiger partial charge is 0.224 e. The van der Waals surface area contributed by atoms with Gasteiger partial charge in [-0.05, 0) is 29.8 Å². The highest BCUT2D eigenvalue weighted by Crippen LogP contribution is 2.17. The Bertz CT molecular complexity index is 827. The first-order chi connectivity index (χ1) is 12.3. The van der Waals surface area contributed by atoms with Crippen molar-refractivity contribution in [2.24, 2.45) is 0 Å². The van der Waals surface area contributed by atoms with Gasteiger partial charge in [0.1, 0.15) is 18.1 Å². The van der Waals surface area contributed by atoms with Crippen LogP contribution in [0, 0.1) is 0 Å². The first-order valence-electron chi connectivity index (χ1n) is 8.07. The number of fused-ring (bicyclic) bond motifs is 1. The summed E-state index contributed by atoms with van der Waals surface area (Å²) in [5.41, 5.74) is 2.36. The van der Waals surface area contributed by atoms with E-state index < -0.39 is 0 Å². The molecule has 3 aromatic rings. The largest absolute Gasteiger partial charge is 0.491 e. The third kappa shape index (κ3) is 4.58. The van der Waals surface area contributed by atoms with Gasteiger partial charge in [0, 0.05) is 12.5 Å². The predicted octanol–water partition coefficient (Wildman–Crippen LogP) is 2.71. The lowest BCUT2D eigenvalue weighted by atomic mass is 10.1. The number of rotatable bonds is 8. The van der Waals surface area contributed by atoms with Crippen molar-refractivity contribution in [3.05, 3.63) is 59.8 Å². The van der Waals surface area contributed by atoms with Crippen LogP contribution in [0.5, 0.6) is 5.75 Å². The van der Waals surface area contributed by atoms with Gasteiger partial charge in [0.05, 0.1) is 19.6 Å². The minimum atomic E-state index is -0.0693. The second kappa shape index (κ2) is 8.30. The molecule has 0 atom stereocenters. The molecule has 6 heteroatoms. The number of carbonyl (C=O) groups is 1. The van der Waals surface area contributed by atoms with Crippen molar-refractivity contribution in [1.29, 1.82) is 0 Å². The van der Waals surface area contributed by atoms with Crippen molar-refractivity contribution in [2.75, 3.05) is 20.3 Å². The van der Waals surface area contributed by atoms with Crippen molar-refractivity contribution in [2.45, 2.75) is 13.0 Å². The van der Waals surface area contributed by atoms with Crippen LogP contribution in [-0.2, 0) is 22.5 Å². The zero-order valence-corrected chi connectivity index (χ0v) is 14.0. The van der Waals surface area contributed by atoms with E-state index in [0.717, 1.165) is 28.0 Å². The number of benzene rings is 2. The molecule has 0 saturated heterocycles. The monoisotopic (exact) mass is 340 g/mol. The van der Waals surface area contributed by atoms with Crippen LogP contribution in [-0.4, -0.2) is 31.4 Å². The van der Waals surface area contributed by atoms with Gasteiger partial charge in [-0.15, -0.1) is 0 Å². The SMILES string of the molecule is COCCOc1ccc(CC(=O)NCc2noc3ccccc23)cc1. The number of aromatic nitrogens is 1. The number of para-hydroxylation sites is 1. The molecule has 1 heterocycles. The molecule has 1 aromatic heterocycles. The molecule has 25 heavy (non-hydrogen) atoms. The number of ether oxygens (including phenoxy) is 2. The molecule has 0 bridgehead atoms. The lowest BCUT2D eigenvalue weighted by Gasteiger charge is -2.07. The standard InChI is InChI=1S/C19H20N2O4/c1-23-10-11-24-15-8-6-14(7-9-15)12-19(22)20-13-17-16-4-2-3-5-18(16)25-21-17/h2-9H,10-13H2,1H3,(H,20,22). The molecule has 0 radical (unpaired) electrons. The second-order valence-electron chi connectivity index (χ2n) is 5.56. The Labute approximate surface area is 145 Å². The van der Waals surface area contributed by atoms with Crippen LogP contribution < -0.4 is 10.1 Å². The average Bonchev–Trinajstić information content (AvgIpc) is 3.05. The Hall–Kier alpha value is -2.86. The summed E-state index contributed by atoms with van der Waals surface area (Å²) in [4.78, 5) is 12.1. The van der Waals surface area contributed by atoms with Gasteiger partial charge in [-0.1, -0.05) is 29.4 Å². The predicted molar refractivity (Wildman–Crippen MR) is 93.4 cm³/mol. The van der Waals surface area contributed by atoms with Crippen molar-refractivity contribution < 1.29 is 18.8 Å². The van der Waals surface area contributed by atoms with Crippen molar-refractivity contribution in [3.63, 3.8) is 0 Å². The molecule has 0 unspecified atom stereocenters. The van der Waals surface area contributed by atoms with Crippen molar-refractivity contribution >= 4 is 16.9 Å². The van der Waals surface area contributed by atoms with Crippen molar-refractivity contribution in [1.82, 2.24) is 10.5 Å². The first kappa shape index (κ1) is 17.0. The summed E-state index contributed by atoms with van der Waals surface area (Å²) in [6.07, 6.45) is 0.300. The number of carbonyl (C=O) groups excluding carboxylic acids is 1. The number of nitrogens with zero attached hydrogens (tertiary/aromatic N) is 1. The maximum atomic E-state index is 12.1. The molecule has 3 rings (SSSR count). The summed E-state index contributed by atoms with van der Waals surface area (Å²) in [6, 6.07) is 15.0. The summed E-state index contributed by atoms with van der Waals surface area (Å²) < 4.78 is 15.7. The fourth-order valence-electron chi connectivity index (χ4n) is 2.44. The minimum absolute atomic E-state index is 0.0693. The average molecular weight is 340 g/mol. The van der Waals surface area contributed by atoms with Gasteiger partial charge in [-0.25, -0.2) is 0 Å². The van der Waals surface area contributed by atoms with Crippen LogP contribution in [0.4, 0.5) is 0 Å². The minimum Gasteiger partial charge on any atom is -0.491 e. The van der Waals surface area contributed by atoms with E-state index >= 15 is 0 Å². The molecule has 0 saturated carbocycles. The Morgan fingerprint density at radius 2 is 1.92 bits per heavy atom. The molecule has 0 aliphatic carbocycles. The molecule has 2 aromatic carbocycles. The van der Waals surface area contributed by atoms with E-state index in [9.17, 15) is 4.79 Å². The van der Waals surface area contributed by atoms with Crippen LogP contribution in [0.2, 0.25) is 0 Å². The molecule has 0 spiro atoms. The maximum absolute atomic E-state index is 12.1. The zero-order valence-electron chi connectivity index (χ0n) is 14.0. The Morgan fingerprint density at radius 3 is 2.72 bits per heavy atom. The van der Waals surface area contributed by atoms with Gasteiger partial charge >= 0.3 is 0 Å². The van der Waals surface area contributed by atoms with E-state index in [1.54, 1.807) is 7.11 Å². The molecule has 0 fully saturated rings. The Kier molecular flexibility index (Phi) is 5.64. The van der Waals surface area contributed by atoms with Gasteiger partial charge in [-0.2, -0.15) is 0 Å². The quantitative estimate of drug-likeness (QED) is 0.638. The normalized spacial score (nSPS) is 10.8. The first-order valence-corrected chi connectivity index (χ1v) is 8.07. The van der Waals surface area contributed by atoms with Crippen LogP contribution in [0.3, 0.4) is 0 Å². The highest BCUT2D eigenvalue weighted by atomic mass is 16.5. The van der Waals surface area contributed by atoms with E-state index in [0.29, 0.717) is 26.2 Å². The fourth-order valence-corrected chi connectivity index (χ4v) is 2.44. The highest BCUT2D eigenvalue weighted by molar-refractivity contribution is 5.81. The van der Waals surface area contributed by atoms with E-state index in [2.05, 4.69) is 10.5 Å². The summed E-state index contributed by atoms with van der Waals surface area (Å²) >= 11 is 0. The van der Waals surface area contributed by atoms with Gasteiger partial charge in [0.15, 0.2) is 5.58 Å². The Balaban J connectivity index is 1.50. The summed E-state index contributed by atoms with van der Waals surface area (Å²) in [7, 11) is 1.63. The zero-order chi connectivity index (χ0) is 17.5.